The fraction of sp³-hybridized carbons (Fsp3) is 0.733. The molecule has 2 rings (SSSR count). The Balaban J connectivity index is 1.70. The number of anilines is 1. The number of aromatic nitrogens is 2. The van der Waals surface area contributed by atoms with Gasteiger partial charge in [0.25, 0.3) is 0 Å². The molecule has 1 saturated heterocycles. The topological polar surface area (TPSA) is 52.5 Å². The Morgan fingerprint density at radius 3 is 2.55 bits per heavy atom. The zero-order valence-corrected chi connectivity index (χ0v) is 12.2. The predicted molar refractivity (Wildman–Crippen MR) is 80.9 cm³/mol. The fourth-order valence-electron chi connectivity index (χ4n) is 2.65. The molecule has 1 aromatic heterocycles. The molecule has 5 nitrogen and oxygen atoms in total. The molecule has 0 radical (unpaired) electrons. The van der Waals surface area contributed by atoms with E-state index >= 15 is 0 Å². The van der Waals surface area contributed by atoms with Gasteiger partial charge in [0.2, 0.25) is 5.95 Å². The first-order valence-corrected chi connectivity index (χ1v) is 7.75. The Bertz CT molecular complexity index is 360. The lowest BCUT2D eigenvalue weighted by Crippen LogP contribution is -2.32. The van der Waals surface area contributed by atoms with E-state index in [1.165, 1.54) is 32.4 Å². The lowest BCUT2D eigenvalue weighted by atomic mass is 10.2. The number of aliphatic hydroxyl groups excluding tert-OH is 1. The van der Waals surface area contributed by atoms with E-state index in [0.29, 0.717) is 6.61 Å². The number of rotatable bonds is 7. The van der Waals surface area contributed by atoms with E-state index in [1.807, 2.05) is 18.5 Å². The molecular formula is C15H26N4O. The molecule has 0 unspecified atom stereocenters. The van der Waals surface area contributed by atoms with Gasteiger partial charge in [0, 0.05) is 38.6 Å². The molecule has 5 heteroatoms. The van der Waals surface area contributed by atoms with Crippen molar-refractivity contribution in [2.24, 2.45) is 0 Å². The van der Waals surface area contributed by atoms with Crippen molar-refractivity contribution in [2.75, 3.05) is 44.2 Å². The lowest BCUT2D eigenvalue weighted by Gasteiger charge is -2.21. The highest BCUT2D eigenvalue weighted by Crippen LogP contribution is 2.11. The molecule has 1 fully saturated rings. The molecule has 0 saturated carbocycles. The van der Waals surface area contributed by atoms with Crippen LogP contribution in [0.2, 0.25) is 0 Å². The normalized spacial score (nSPS) is 17.1. The summed E-state index contributed by atoms with van der Waals surface area (Å²) in [6.45, 7) is 5.83. The second-order valence-corrected chi connectivity index (χ2v) is 5.37. The molecule has 0 atom stereocenters. The molecule has 0 aromatic carbocycles. The third kappa shape index (κ3) is 5.06. The van der Waals surface area contributed by atoms with Gasteiger partial charge in [0.15, 0.2) is 0 Å². The smallest absolute Gasteiger partial charge is 0.225 e. The second-order valence-electron chi connectivity index (χ2n) is 5.37. The van der Waals surface area contributed by atoms with Crippen molar-refractivity contribution in [1.82, 2.24) is 14.9 Å². The zero-order chi connectivity index (χ0) is 14.0. The molecule has 2 heterocycles. The third-order valence-electron chi connectivity index (χ3n) is 3.81. The molecule has 1 aliphatic heterocycles. The average molecular weight is 278 g/mol. The highest BCUT2D eigenvalue weighted by molar-refractivity contribution is 5.28. The summed E-state index contributed by atoms with van der Waals surface area (Å²) in [4.78, 5) is 13.5. The summed E-state index contributed by atoms with van der Waals surface area (Å²) >= 11 is 0. The van der Waals surface area contributed by atoms with Gasteiger partial charge >= 0.3 is 0 Å². The molecule has 112 valence electrons. The minimum Gasteiger partial charge on any atom is -0.396 e. The molecule has 0 spiro atoms. The third-order valence-corrected chi connectivity index (χ3v) is 3.81. The molecule has 1 aliphatic rings. The average Bonchev–Trinajstić information content (AvgIpc) is 2.74. The van der Waals surface area contributed by atoms with E-state index in [1.54, 1.807) is 0 Å². The number of unbranched alkanes of at least 4 members (excludes halogenated alkanes) is 3. The van der Waals surface area contributed by atoms with Crippen LogP contribution in [-0.4, -0.2) is 59.3 Å². The van der Waals surface area contributed by atoms with Crippen molar-refractivity contribution in [3.63, 3.8) is 0 Å². The maximum atomic E-state index is 8.76. The van der Waals surface area contributed by atoms with Crippen molar-refractivity contribution >= 4 is 5.95 Å². The first-order chi connectivity index (χ1) is 9.90. The Labute approximate surface area is 121 Å². The minimum atomic E-state index is 0.329. The van der Waals surface area contributed by atoms with Crippen LogP contribution in [0.1, 0.15) is 32.1 Å². The quantitative estimate of drug-likeness (QED) is 0.767. The molecule has 0 aliphatic carbocycles. The van der Waals surface area contributed by atoms with E-state index in [4.69, 9.17) is 5.11 Å². The summed E-state index contributed by atoms with van der Waals surface area (Å²) in [5.41, 5.74) is 0. The van der Waals surface area contributed by atoms with Crippen molar-refractivity contribution in [2.45, 2.75) is 32.1 Å². The molecule has 1 aromatic rings. The molecule has 1 N–H and O–H groups in total. The van der Waals surface area contributed by atoms with Crippen LogP contribution in [0.4, 0.5) is 5.95 Å². The van der Waals surface area contributed by atoms with Gasteiger partial charge in [-0.25, -0.2) is 9.97 Å². The summed E-state index contributed by atoms with van der Waals surface area (Å²) in [5, 5.41) is 8.76. The molecule has 0 amide bonds. The van der Waals surface area contributed by atoms with Gasteiger partial charge in [-0.1, -0.05) is 12.8 Å². The molecule has 0 bridgehead atoms. The van der Waals surface area contributed by atoms with Crippen molar-refractivity contribution in [1.29, 1.82) is 0 Å². The van der Waals surface area contributed by atoms with Crippen molar-refractivity contribution < 1.29 is 5.11 Å². The van der Waals surface area contributed by atoms with Gasteiger partial charge in [-0.15, -0.1) is 0 Å². The summed E-state index contributed by atoms with van der Waals surface area (Å²) in [5.74, 6) is 0.859. The van der Waals surface area contributed by atoms with Crippen LogP contribution in [0.3, 0.4) is 0 Å². The Kier molecular flexibility index (Phi) is 6.74. The monoisotopic (exact) mass is 278 g/mol. The standard InChI is InChI=1S/C15H26N4O/c20-14-4-2-1-3-9-18-10-6-11-19(13-12-18)15-16-7-5-8-17-15/h5,7-8,20H,1-4,6,9-14H2. The summed E-state index contributed by atoms with van der Waals surface area (Å²) in [7, 11) is 0. The summed E-state index contributed by atoms with van der Waals surface area (Å²) in [6, 6.07) is 1.86. The van der Waals surface area contributed by atoms with Crippen LogP contribution in [0, 0.1) is 0 Å². The summed E-state index contributed by atoms with van der Waals surface area (Å²) < 4.78 is 0. The van der Waals surface area contributed by atoms with Crippen LogP contribution >= 0.6 is 0 Å². The van der Waals surface area contributed by atoms with Gasteiger partial charge in [0.1, 0.15) is 0 Å². The van der Waals surface area contributed by atoms with Gasteiger partial charge in [-0.3, -0.25) is 0 Å². The predicted octanol–water partition coefficient (Wildman–Crippen LogP) is 1.54. The van der Waals surface area contributed by atoms with Crippen molar-refractivity contribution in [3.8, 4) is 0 Å². The van der Waals surface area contributed by atoms with Gasteiger partial charge in [-0.2, -0.15) is 0 Å². The highest BCUT2D eigenvalue weighted by Gasteiger charge is 2.16. The minimum absolute atomic E-state index is 0.329. The van der Waals surface area contributed by atoms with E-state index in [2.05, 4.69) is 19.8 Å². The SMILES string of the molecule is OCCCCCCN1CCCN(c2ncccn2)CC1. The van der Waals surface area contributed by atoms with E-state index < -0.39 is 0 Å². The van der Waals surface area contributed by atoms with Gasteiger partial charge < -0.3 is 14.9 Å². The van der Waals surface area contributed by atoms with Crippen LogP contribution in [0.25, 0.3) is 0 Å². The van der Waals surface area contributed by atoms with Gasteiger partial charge in [0.05, 0.1) is 0 Å². The summed E-state index contributed by atoms with van der Waals surface area (Å²) in [6.07, 6.45) is 9.35. The lowest BCUT2D eigenvalue weighted by molar-refractivity contribution is 0.269. The molecule has 20 heavy (non-hydrogen) atoms. The number of aliphatic hydroxyl groups is 1. The maximum Gasteiger partial charge on any atom is 0.225 e. The fourth-order valence-corrected chi connectivity index (χ4v) is 2.65. The first-order valence-electron chi connectivity index (χ1n) is 7.75. The van der Waals surface area contributed by atoms with E-state index in [9.17, 15) is 0 Å². The van der Waals surface area contributed by atoms with Crippen molar-refractivity contribution in [3.05, 3.63) is 18.5 Å². The zero-order valence-electron chi connectivity index (χ0n) is 12.2. The number of hydrogen-bond donors (Lipinski definition) is 1. The van der Waals surface area contributed by atoms with Crippen LogP contribution < -0.4 is 4.90 Å². The first kappa shape index (κ1) is 15.2. The van der Waals surface area contributed by atoms with Gasteiger partial charge in [-0.05, 0) is 38.4 Å². The van der Waals surface area contributed by atoms with E-state index in [0.717, 1.165) is 38.4 Å². The highest BCUT2D eigenvalue weighted by atomic mass is 16.2. The Morgan fingerprint density at radius 2 is 1.75 bits per heavy atom. The van der Waals surface area contributed by atoms with Crippen LogP contribution in [0.5, 0.6) is 0 Å². The molecular weight excluding hydrogens is 252 g/mol. The number of nitrogens with zero attached hydrogens (tertiary/aromatic N) is 4. The Morgan fingerprint density at radius 1 is 0.950 bits per heavy atom. The Hall–Kier alpha value is -1.20. The van der Waals surface area contributed by atoms with Crippen LogP contribution in [-0.2, 0) is 0 Å². The second kappa shape index (κ2) is 8.87. The maximum absolute atomic E-state index is 8.76. The largest absolute Gasteiger partial charge is 0.396 e. The number of hydrogen-bond acceptors (Lipinski definition) is 5. The van der Waals surface area contributed by atoms with E-state index in [-0.39, 0.29) is 0 Å². The van der Waals surface area contributed by atoms with Crippen LogP contribution in [0.15, 0.2) is 18.5 Å².